The van der Waals surface area contributed by atoms with Crippen molar-refractivity contribution in [2.75, 3.05) is 0 Å². The first kappa shape index (κ1) is 12.7. The molecule has 0 aliphatic heterocycles. The Labute approximate surface area is 124 Å². The molecule has 0 aliphatic rings. The lowest BCUT2D eigenvalue weighted by Gasteiger charge is -2.09. The number of rotatable bonds is 3. The Balaban J connectivity index is 1.90. The Hall–Kier alpha value is -1.32. The third-order valence-corrected chi connectivity index (χ3v) is 4.01. The second-order valence-electron chi connectivity index (χ2n) is 4.46. The summed E-state index contributed by atoms with van der Waals surface area (Å²) in [6, 6.07) is 12.6. The minimum Gasteiger partial charge on any atom is -0.349 e. The molecule has 4 heteroatoms. The summed E-state index contributed by atoms with van der Waals surface area (Å²) >= 11 is 9.94. The van der Waals surface area contributed by atoms with Gasteiger partial charge in [0.2, 0.25) is 0 Å². The van der Waals surface area contributed by atoms with E-state index in [0.29, 0.717) is 6.42 Å². The number of imidazole rings is 1. The predicted molar refractivity (Wildman–Crippen MR) is 82.5 cm³/mol. The van der Waals surface area contributed by atoms with Crippen molar-refractivity contribution in [3.63, 3.8) is 0 Å². The molecular weight excluding hydrogens is 324 g/mol. The number of H-pyrrole nitrogens is 1. The van der Waals surface area contributed by atoms with E-state index in [1.165, 1.54) is 10.8 Å². The molecule has 2 nitrogen and oxygen atoms in total. The Morgan fingerprint density at radius 3 is 2.74 bits per heavy atom. The fourth-order valence-electron chi connectivity index (χ4n) is 2.13. The van der Waals surface area contributed by atoms with Crippen LogP contribution >= 0.6 is 27.5 Å². The summed E-state index contributed by atoms with van der Waals surface area (Å²) in [5.41, 5.74) is 1.12. The molecule has 0 fully saturated rings. The normalized spacial score (nSPS) is 12.7. The molecule has 96 valence electrons. The zero-order valence-corrected chi connectivity index (χ0v) is 12.4. The van der Waals surface area contributed by atoms with Gasteiger partial charge in [-0.1, -0.05) is 34.1 Å². The van der Waals surface area contributed by atoms with Crippen LogP contribution in [0.4, 0.5) is 0 Å². The Morgan fingerprint density at radius 2 is 1.95 bits per heavy atom. The highest BCUT2D eigenvalue weighted by Gasteiger charge is 2.11. The van der Waals surface area contributed by atoms with Gasteiger partial charge in [0.25, 0.3) is 0 Å². The average molecular weight is 336 g/mol. The number of fused-ring (bicyclic) bond motifs is 1. The number of hydrogen-bond acceptors (Lipinski definition) is 1. The quantitative estimate of drug-likeness (QED) is 0.681. The fraction of sp³-hybridized carbons (Fsp3) is 0.133. The minimum absolute atomic E-state index is 0.0702. The summed E-state index contributed by atoms with van der Waals surface area (Å²) in [5, 5.41) is 2.34. The summed E-state index contributed by atoms with van der Waals surface area (Å²) in [4.78, 5) is 7.29. The maximum Gasteiger partial charge on any atom is 0.107 e. The van der Waals surface area contributed by atoms with Crippen LogP contribution in [0.5, 0.6) is 0 Å². The van der Waals surface area contributed by atoms with E-state index >= 15 is 0 Å². The molecule has 3 rings (SSSR count). The smallest absolute Gasteiger partial charge is 0.107 e. The zero-order chi connectivity index (χ0) is 13.2. The third kappa shape index (κ3) is 2.82. The molecule has 1 unspecified atom stereocenters. The lowest BCUT2D eigenvalue weighted by atomic mass is 10.0. The van der Waals surface area contributed by atoms with Crippen molar-refractivity contribution in [2.24, 2.45) is 0 Å². The van der Waals surface area contributed by atoms with E-state index < -0.39 is 0 Å². The van der Waals surface area contributed by atoms with Gasteiger partial charge in [0, 0.05) is 23.3 Å². The summed E-state index contributed by atoms with van der Waals surface area (Å²) < 4.78 is 1.09. The van der Waals surface area contributed by atoms with Gasteiger partial charge in [-0.15, -0.1) is 11.6 Å². The van der Waals surface area contributed by atoms with Gasteiger partial charge in [-0.05, 0) is 34.5 Å². The zero-order valence-electron chi connectivity index (χ0n) is 10.1. The van der Waals surface area contributed by atoms with Crippen LogP contribution in [-0.4, -0.2) is 9.97 Å². The van der Waals surface area contributed by atoms with Gasteiger partial charge in [0.05, 0.1) is 5.38 Å². The number of aromatic amines is 1. The van der Waals surface area contributed by atoms with Crippen LogP contribution < -0.4 is 0 Å². The van der Waals surface area contributed by atoms with E-state index in [1.807, 2.05) is 12.3 Å². The highest BCUT2D eigenvalue weighted by Crippen LogP contribution is 2.28. The molecule has 1 N–H and O–H groups in total. The molecule has 0 radical (unpaired) electrons. The van der Waals surface area contributed by atoms with Gasteiger partial charge in [0.1, 0.15) is 5.82 Å². The Kier molecular flexibility index (Phi) is 3.58. The Bertz CT molecular complexity index is 694. The number of alkyl halides is 1. The van der Waals surface area contributed by atoms with Crippen molar-refractivity contribution in [1.82, 2.24) is 9.97 Å². The number of benzene rings is 2. The number of hydrogen-bond donors (Lipinski definition) is 1. The van der Waals surface area contributed by atoms with Crippen molar-refractivity contribution in [1.29, 1.82) is 0 Å². The molecule has 3 aromatic rings. The SMILES string of the molecule is ClC(Cc1ncc[nH]1)c1ccc2cc(Br)ccc2c1. The molecule has 19 heavy (non-hydrogen) atoms. The highest BCUT2D eigenvalue weighted by molar-refractivity contribution is 9.10. The average Bonchev–Trinajstić information content (AvgIpc) is 2.91. The molecule has 0 aliphatic carbocycles. The number of nitrogens with zero attached hydrogens (tertiary/aromatic N) is 1. The first-order chi connectivity index (χ1) is 9.22. The van der Waals surface area contributed by atoms with E-state index in [0.717, 1.165) is 15.9 Å². The summed E-state index contributed by atoms with van der Waals surface area (Å²) in [7, 11) is 0. The lowest BCUT2D eigenvalue weighted by molar-refractivity contribution is 0.856. The Morgan fingerprint density at radius 1 is 1.16 bits per heavy atom. The molecule has 1 aromatic heterocycles. The molecule has 1 heterocycles. The molecule has 0 bridgehead atoms. The van der Waals surface area contributed by atoms with Gasteiger partial charge in [-0.25, -0.2) is 4.98 Å². The predicted octanol–water partition coefficient (Wildman–Crippen LogP) is 4.85. The second-order valence-corrected chi connectivity index (χ2v) is 5.90. The van der Waals surface area contributed by atoms with Crippen LogP contribution in [0.3, 0.4) is 0 Å². The van der Waals surface area contributed by atoms with E-state index in [-0.39, 0.29) is 5.38 Å². The fourth-order valence-corrected chi connectivity index (χ4v) is 2.79. The minimum atomic E-state index is -0.0702. The van der Waals surface area contributed by atoms with E-state index in [9.17, 15) is 0 Å². The van der Waals surface area contributed by atoms with Crippen LogP contribution in [0.25, 0.3) is 10.8 Å². The molecule has 2 aromatic carbocycles. The molecular formula is C15H12BrClN2. The molecule has 0 saturated heterocycles. The highest BCUT2D eigenvalue weighted by atomic mass is 79.9. The van der Waals surface area contributed by atoms with E-state index in [2.05, 4.69) is 56.2 Å². The van der Waals surface area contributed by atoms with Crippen molar-refractivity contribution < 1.29 is 0 Å². The lowest BCUT2D eigenvalue weighted by Crippen LogP contribution is -1.97. The van der Waals surface area contributed by atoms with Gasteiger partial charge < -0.3 is 4.98 Å². The molecule has 0 spiro atoms. The number of aromatic nitrogens is 2. The maximum atomic E-state index is 6.46. The standard InChI is InChI=1S/C15H12BrClN2/c16-13-4-3-10-7-12(2-1-11(10)8-13)14(17)9-15-18-5-6-19-15/h1-8,14H,9H2,(H,18,19). The summed E-state index contributed by atoms with van der Waals surface area (Å²) in [6.45, 7) is 0. The van der Waals surface area contributed by atoms with Gasteiger partial charge in [0.15, 0.2) is 0 Å². The van der Waals surface area contributed by atoms with E-state index in [4.69, 9.17) is 11.6 Å². The first-order valence-electron chi connectivity index (χ1n) is 6.04. The summed E-state index contributed by atoms with van der Waals surface area (Å²) in [5.74, 6) is 0.913. The van der Waals surface area contributed by atoms with Crippen molar-refractivity contribution in [3.8, 4) is 0 Å². The topological polar surface area (TPSA) is 28.7 Å². The molecule has 1 atom stereocenters. The first-order valence-corrected chi connectivity index (χ1v) is 7.27. The molecule has 0 amide bonds. The van der Waals surface area contributed by atoms with Crippen LogP contribution in [0.2, 0.25) is 0 Å². The van der Waals surface area contributed by atoms with Crippen LogP contribution in [0.15, 0.2) is 53.3 Å². The number of nitrogens with one attached hydrogen (secondary N) is 1. The number of halogens is 2. The largest absolute Gasteiger partial charge is 0.349 e. The van der Waals surface area contributed by atoms with Gasteiger partial charge in [-0.3, -0.25) is 0 Å². The van der Waals surface area contributed by atoms with Crippen LogP contribution in [0, 0.1) is 0 Å². The molecule has 0 saturated carbocycles. The second kappa shape index (κ2) is 5.35. The van der Waals surface area contributed by atoms with Crippen molar-refractivity contribution in [2.45, 2.75) is 11.8 Å². The monoisotopic (exact) mass is 334 g/mol. The van der Waals surface area contributed by atoms with Crippen molar-refractivity contribution in [3.05, 3.63) is 64.7 Å². The van der Waals surface area contributed by atoms with Crippen LogP contribution in [-0.2, 0) is 6.42 Å². The van der Waals surface area contributed by atoms with Gasteiger partial charge >= 0.3 is 0 Å². The van der Waals surface area contributed by atoms with E-state index in [1.54, 1.807) is 6.20 Å². The van der Waals surface area contributed by atoms with Gasteiger partial charge in [-0.2, -0.15) is 0 Å². The maximum absolute atomic E-state index is 6.46. The third-order valence-electron chi connectivity index (χ3n) is 3.12. The van der Waals surface area contributed by atoms with Crippen molar-refractivity contribution >= 4 is 38.3 Å². The summed E-state index contributed by atoms with van der Waals surface area (Å²) in [6.07, 6.45) is 4.27. The van der Waals surface area contributed by atoms with Crippen LogP contribution in [0.1, 0.15) is 16.8 Å².